The molecule has 1 spiro atoms. The predicted octanol–water partition coefficient (Wildman–Crippen LogP) is 1.01. The van der Waals surface area contributed by atoms with Gasteiger partial charge in [-0.2, -0.15) is 0 Å². The molecule has 0 unspecified atom stereocenters. The first-order valence-electron chi connectivity index (χ1n) is 6.50. The van der Waals surface area contributed by atoms with Crippen LogP contribution >= 0.6 is 0 Å². The molecule has 0 radical (unpaired) electrons. The van der Waals surface area contributed by atoms with Crippen LogP contribution in [0.15, 0.2) is 0 Å². The minimum atomic E-state index is -0.127. The molecule has 0 aliphatic carbocycles. The molecule has 4 nitrogen and oxygen atoms in total. The molecule has 17 heavy (non-hydrogen) atoms. The van der Waals surface area contributed by atoms with Crippen molar-refractivity contribution in [3.8, 4) is 0 Å². The molecule has 0 bridgehead atoms. The molecule has 0 saturated carbocycles. The normalized spacial score (nSPS) is 24.4. The van der Waals surface area contributed by atoms with E-state index in [1.807, 2.05) is 20.8 Å². The van der Waals surface area contributed by atoms with Crippen LogP contribution in [0.25, 0.3) is 0 Å². The van der Waals surface area contributed by atoms with Crippen molar-refractivity contribution in [2.24, 2.45) is 5.41 Å². The molecule has 2 aliphatic heterocycles. The number of hydrogen-bond acceptors (Lipinski definition) is 3. The Balaban J connectivity index is 1.71. The summed E-state index contributed by atoms with van der Waals surface area (Å²) in [4.78, 5) is 14.0. The van der Waals surface area contributed by atoms with Crippen molar-refractivity contribution in [2.75, 3.05) is 32.8 Å². The SMILES string of the molecule is CC(C)(C)NC(=O)CN1CC2(CCOCC2)C1. The second-order valence-corrected chi connectivity index (χ2v) is 6.56. The van der Waals surface area contributed by atoms with Gasteiger partial charge in [0, 0.05) is 37.3 Å². The number of likely N-dealkylation sites (tertiary alicyclic amines) is 1. The van der Waals surface area contributed by atoms with Gasteiger partial charge in [0.2, 0.25) is 5.91 Å². The zero-order valence-corrected chi connectivity index (χ0v) is 11.2. The van der Waals surface area contributed by atoms with E-state index in [1.165, 1.54) is 0 Å². The smallest absolute Gasteiger partial charge is 0.234 e. The van der Waals surface area contributed by atoms with Crippen LogP contribution in [0.3, 0.4) is 0 Å². The fourth-order valence-electron chi connectivity index (χ4n) is 2.80. The number of hydrogen-bond donors (Lipinski definition) is 1. The van der Waals surface area contributed by atoms with E-state index in [2.05, 4.69) is 10.2 Å². The fourth-order valence-corrected chi connectivity index (χ4v) is 2.80. The summed E-state index contributed by atoms with van der Waals surface area (Å²) < 4.78 is 5.39. The van der Waals surface area contributed by atoms with Crippen molar-refractivity contribution >= 4 is 5.91 Å². The summed E-state index contributed by atoms with van der Waals surface area (Å²) >= 11 is 0. The number of carbonyl (C=O) groups is 1. The Morgan fingerprint density at radius 2 is 1.88 bits per heavy atom. The maximum absolute atomic E-state index is 11.8. The van der Waals surface area contributed by atoms with Crippen LogP contribution in [0, 0.1) is 5.41 Å². The molecule has 2 heterocycles. The monoisotopic (exact) mass is 240 g/mol. The Morgan fingerprint density at radius 1 is 1.29 bits per heavy atom. The zero-order valence-electron chi connectivity index (χ0n) is 11.2. The number of rotatable bonds is 2. The quantitative estimate of drug-likeness (QED) is 0.783. The lowest BCUT2D eigenvalue weighted by atomic mass is 9.73. The highest BCUT2D eigenvalue weighted by Gasteiger charge is 2.44. The van der Waals surface area contributed by atoms with Gasteiger partial charge in [0.1, 0.15) is 0 Å². The van der Waals surface area contributed by atoms with Gasteiger partial charge < -0.3 is 10.1 Å². The Labute approximate surface area is 104 Å². The van der Waals surface area contributed by atoms with Crippen LogP contribution in [0.2, 0.25) is 0 Å². The van der Waals surface area contributed by atoms with Crippen molar-refractivity contribution in [3.05, 3.63) is 0 Å². The highest BCUT2D eigenvalue weighted by molar-refractivity contribution is 5.78. The van der Waals surface area contributed by atoms with E-state index in [0.717, 1.165) is 39.1 Å². The van der Waals surface area contributed by atoms with Gasteiger partial charge in [0.15, 0.2) is 0 Å². The molecule has 2 aliphatic rings. The number of nitrogens with zero attached hydrogens (tertiary/aromatic N) is 1. The Kier molecular flexibility index (Phi) is 3.46. The molecule has 0 aromatic heterocycles. The molecule has 2 fully saturated rings. The van der Waals surface area contributed by atoms with Crippen LogP contribution < -0.4 is 5.32 Å². The van der Waals surface area contributed by atoms with Gasteiger partial charge in [-0.25, -0.2) is 0 Å². The lowest BCUT2D eigenvalue weighted by Crippen LogP contribution is -2.60. The molecule has 2 rings (SSSR count). The third kappa shape index (κ3) is 3.42. The van der Waals surface area contributed by atoms with E-state index < -0.39 is 0 Å². The molecule has 2 saturated heterocycles. The first-order valence-corrected chi connectivity index (χ1v) is 6.50. The maximum Gasteiger partial charge on any atom is 0.234 e. The minimum Gasteiger partial charge on any atom is -0.381 e. The molecule has 0 aromatic carbocycles. The van der Waals surface area contributed by atoms with E-state index in [4.69, 9.17) is 4.74 Å². The summed E-state index contributed by atoms with van der Waals surface area (Å²) in [5.41, 5.74) is 0.332. The molecule has 0 aromatic rings. The summed E-state index contributed by atoms with van der Waals surface area (Å²) in [7, 11) is 0. The van der Waals surface area contributed by atoms with E-state index in [9.17, 15) is 4.79 Å². The molecule has 4 heteroatoms. The second kappa shape index (κ2) is 4.58. The Bertz CT molecular complexity index is 282. The highest BCUT2D eigenvalue weighted by atomic mass is 16.5. The first kappa shape index (κ1) is 12.8. The Hall–Kier alpha value is -0.610. The molecular weight excluding hydrogens is 216 g/mol. The molecule has 98 valence electrons. The van der Waals surface area contributed by atoms with Gasteiger partial charge in [-0.05, 0) is 33.6 Å². The zero-order chi connectivity index (χ0) is 12.5. The van der Waals surface area contributed by atoms with E-state index in [1.54, 1.807) is 0 Å². The first-order chi connectivity index (χ1) is 7.89. The summed E-state index contributed by atoms with van der Waals surface area (Å²) in [6.07, 6.45) is 2.31. The highest BCUT2D eigenvalue weighted by Crippen LogP contribution is 2.39. The van der Waals surface area contributed by atoms with Crippen molar-refractivity contribution in [3.63, 3.8) is 0 Å². The van der Waals surface area contributed by atoms with Crippen LogP contribution in [0.4, 0.5) is 0 Å². The third-order valence-corrected chi connectivity index (χ3v) is 3.55. The van der Waals surface area contributed by atoms with Crippen molar-refractivity contribution in [1.82, 2.24) is 10.2 Å². The number of carbonyl (C=O) groups excluding carboxylic acids is 1. The van der Waals surface area contributed by atoms with Crippen LogP contribution in [0.5, 0.6) is 0 Å². The number of ether oxygens (including phenoxy) is 1. The van der Waals surface area contributed by atoms with Crippen molar-refractivity contribution in [1.29, 1.82) is 0 Å². The number of amides is 1. The lowest BCUT2D eigenvalue weighted by Gasteiger charge is -2.52. The van der Waals surface area contributed by atoms with Crippen LogP contribution in [-0.2, 0) is 9.53 Å². The summed E-state index contributed by atoms with van der Waals surface area (Å²) in [5.74, 6) is 0.138. The molecule has 1 N–H and O–H groups in total. The minimum absolute atomic E-state index is 0.127. The van der Waals surface area contributed by atoms with Gasteiger partial charge in [-0.3, -0.25) is 9.69 Å². The summed E-state index contributed by atoms with van der Waals surface area (Å²) in [6, 6.07) is 0. The largest absolute Gasteiger partial charge is 0.381 e. The maximum atomic E-state index is 11.8. The average Bonchev–Trinajstić information content (AvgIpc) is 2.13. The second-order valence-electron chi connectivity index (χ2n) is 6.56. The molecular formula is C13H24N2O2. The lowest BCUT2D eigenvalue weighted by molar-refractivity contribution is -0.130. The van der Waals surface area contributed by atoms with E-state index >= 15 is 0 Å². The third-order valence-electron chi connectivity index (χ3n) is 3.55. The van der Waals surface area contributed by atoms with E-state index in [-0.39, 0.29) is 11.4 Å². The summed E-state index contributed by atoms with van der Waals surface area (Å²) in [6.45, 7) is 10.5. The standard InChI is InChI=1S/C13H24N2O2/c1-12(2,3)14-11(16)8-15-9-13(10-15)4-6-17-7-5-13/h4-10H2,1-3H3,(H,14,16). The molecule has 1 amide bonds. The van der Waals surface area contributed by atoms with E-state index in [0.29, 0.717) is 12.0 Å². The molecule has 0 atom stereocenters. The summed E-state index contributed by atoms with van der Waals surface area (Å²) in [5, 5.41) is 3.00. The predicted molar refractivity (Wildman–Crippen MR) is 66.8 cm³/mol. The average molecular weight is 240 g/mol. The van der Waals surface area contributed by atoms with Crippen molar-refractivity contribution in [2.45, 2.75) is 39.2 Å². The Morgan fingerprint density at radius 3 is 2.41 bits per heavy atom. The van der Waals surface area contributed by atoms with Crippen molar-refractivity contribution < 1.29 is 9.53 Å². The van der Waals surface area contributed by atoms with Gasteiger partial charge in [0.05, 0.1) is 6.54 Å². The van der Waals surface area contributed by atoms with Crippen LogP contribution in [-0.4, -0.2) is 49.2 Å². The number of nitrogens with one attached hydrogen (secondary N) is 1. The fraction of sp³-hybridized carbons (Fsp3) is 0.923. The van der Waals surface area contributed by atoms with Gasteiger partial charge in [0.25, 0.3) is 0 Å². The van der Waals surface area contributed by atoms with Gasteiger partial charge in [-0.15, -0.1) is 0 Å². The van der Waals surface area contributed by atoms with Gasteiger partial charge in [-0.1, -0.05) is 0 Å². The topological polar surface area (TPSA) is 41.6 Å². The van der Waals surface area contributed by atoms with Gasteiger partial charge >= 0.3 is 0 Å². The van der Waals surface area contributed by atoms with Crippen LogP contribution in [0.1, 0.15) is 33.6 Å².